The number of carbonyl (C=O) groups is 1. The lowest BCUT2D eigenvalue weighted by molar-refractivity contribution is 0.0712. The second-order valence-corrected chi connectivity index (χ2v) is 7.96. The number of benzene rings is 1. The van der Waals surface area contributed by atoms with Crippen LogP contribution in [0.3, 0.4) is 0 Å². The first-order valence-electron chi connectivity index (χ1n) is 10.5. The lowest BCUT2D eigenvalue weighted by atomic mass is 9.89. The molecule has 1 aliphatic heterocycles. The van der Waals surface area contributed by atoms with E-state index in [-0.39, 0.29) is 5.91 Å². The standard InChI is InChI=1S/C24H23N5O2/c30-21-5-1-4-19(11-21)18-6-9-28(10-7-18)24(31)20-12-22-23(26-14-20)29(16-27-22)15-17-3-2-8-25-13-17/h1-5,8,11-14,16,18,30H,6-7,9-10,15H2. The average Bonchev–Trinajstić information content (AvgIpc) is 3.21. The van der Waals surface area contributed by atoms with Gasteiger partial charge in [-0.05, 0) is 54.2 Å². The van der Waals surface area contributed by atoms with Crippen molar-refractivity contribution in [1.82, 2.24) is 24.4 Å². The molecule has 1 fully saturated rings. The summed E-state index contributed by atoms with van der Waals surface area (Å²) >= 11 is 0. The maximum Gasteiger partial charge on any atom is 0.255 e. The lowest BCUT2D eigenvalue weighted by Crippen LogP contribution is -2.38. The summed E-state index contributed by atoms with van der Waals surface area (Å²) < 4.78 is 1.96. The van der Waals surface area contributed by atoms with Crippen LogP contribution < -0.4 is 0 Å². The number of rotatable bonds is 4. The highest BCUT2D eigenvalue weighted by Crippen LogP contribution is 2.30. The molecule has 0 unspecified atom stereocenters. The molecule has 1 aromatic carbocycles. The number of piperidine rings is 1. The van der Waals surface area contributed by atoms with Crippen LogP contribution in [0.2, 0.25) is 0 Å². The molecule has 0 spiro atoms. The van der Waals surface area contributed by atoms with E-state index in [1.165, 1.54) is 0 Å². The number of nitrogens with zero attached hydrogens (tertiary/aromatic N) is 5. The average molecular weight is 413 g/mol. The number of likely N-dealkylation sites (tertiary alicyclic amines) is 1. The molecule has 1 amide bonds. The number of carbonyl (C=O) groups excluding carboxylic acids is 1. The van der Waals surface area contributed by atoms with Crippen molar-refractivity contribution in [3.8, 4) is 5.75 Å². The predicted octanol–water partition coefficient (Wildman–Crippen LogP) is 3.60. The number of imidazole rings is 1. The number of amides is 1. The lowest BCUT2D eigenvalue weighted by Gasteiger charge is -2.32. The third kappa shape index (κ3) is 3.99. The number of hydrogen-bond donors (Lipinski definition) is 1. The van der Waals surface area contributed by atoms with Gasteiger partial charge < -0.3 is 14.6 Å². The number of aromatic nitrogens is 4. The summed E-state index contributed by atoms with van der Waals surface area (Å²) in [4.78, 5) is 28.1. The zero-order valence-corrected chi connectivity index (χ0v) is 17.1. The number of phenols is 1. The minimum atomic E-state index is -0.00873. The molecule has 0 aliphatic carbocycles. The van der Waals surface area contributed by atoms with Crippen molar-refractivity contribution in [2.24, 2.45) is 0 Å². The van der Waals surface area contributed by atoms with Crippen molar-refractivity contribution in [2.75, 3.05) is 13.1 Å². The number of phenolic OH excluding ortho intramolecular Hbond substituents is 1. The molecule has 3 aromatic heterocycles. The van der Waals surface area contributed by atoms with Gasteiger partial charge >= 0.3 is 0 Å². The van der Waals surface area contributed by atoms with Crippen LogP contribution in [0.1, 0.15) is 40.2 Å². The van der Waals surface area contributed by atoms with Gasteiger partial charge in [-0.15, -0.1) is 0 Å². The van der Waals surface area contributed by atoms with Gasteiger partial charge in [0.15, 0.2) is 5.65 Å². The Hall–Kier alpha value is -3.74. The molecule has 0 atom stereocenters. The normalized spacial score (nSPS) is 14.8. The minimum Gasteiger partial charge on any atom is -0.508 e. The highest BCUT2D eigenvalue weighted by atomic mass is 16.3. The SMILES string of the molecule is O=C(c1cnc2c(c1)ncn2Cc1cccnc1)N1CCC(c2cccc(O)c2)CC1. The fourth-order valence-corrected chi connectivity index (χ4v) is 4.25. The number of pyridine rings is 2. The van der Waals surface area contributed by atoms with Crippen LogP contribution in [0.4, 0.5) is 0 Å². The second-order valence-electron chi connectivity index (χ2n) is 7.96. The van der Waals surface area contributed by atoms with Crippen molar-refractivity contribution >= 4 is 17.1 Å². The zero-order chi connectivity index (χ0) is 21.2. The van der Waals surface area contributed by atoms with Crippen molar-refractivity contribution < 1.29 is 9.90 Å². The van der Waals surface area contributed by atoms with E-state index >= 15 is 0 Å². The van der Waals surface area contributed by atoms with Crippen LogP contribution in [-0.4, -0.2) is 48.5 Å². The highest BCUT2D eigenvalue weighted by molar-refractivity contribution is 5.96. The number of hydrogen-bond acceptors (Lipinski definition) is 5. The molecule has 31 heavy (non-hydrogen) atoms. The summed E-state index contributed by atoms with van der Waals surface area (Å²) in [7, 11) is 0. The molecule has 0 radical (unpaired) electrons. The predicted molar refractivity (Wildman–Crippen MR) is 117 cm³/mol. The fourth-order valence-electron chi connectivity index (χ4n) is 4.25. The molecule has 1 aliphatic rings. The van der Waals surface area contributed by atoms with Gasteiger partial charge in [0.2, 0.25) is 0 Å². The summed E-state index contributed by atoms with van der Waals surface area (Å²) in [6.07, 6.45) is 8.73. The second kappa shape index (κ2) is 8.18. The fraction of sp³-hybridized carbons (Fsp3) is 0.250. The summed E-state index contributed by atoms with van der Waals surface area (Å²) in [5.41, 5.74) is 4.23. The first kappa shape index (κ1) is 19.2. The van der Waals surface area contributed by atoms with Gasteiger partial charge in [-0.1, -0.05) is 18.2 Å². The van der Waals surface area contributed by atoms with E-state index in [1.54, 1.807) is 24.8 Å². The van der Waals surface area contributed by atoms with Gasteiger partial charge in [0, 0.05) is 31.7 Å². The third-order valence-electron chi connectivity index (χ3n) is 5.90. The van der Waals surface area contributed by atoms with E-state index in [9.17, 15) is 9.90 Å². The van der Waals surface area contributed by atoms with Gasteiger partial charge in [-0.3, -0.25) is 9.78 Å². The third-order valence-corrected chi connectivity index (χ3v) is 5.90. The number of fused-ring (bicyclic) bond motifs is 1. The van der Waals surface area contributed by atoms with Gasteiger partial charge in [0.1, 0.15) is 11.3 Å². The molecule has 7 nitrogen and oxygen atoms in total. The Morgan fingerprint density at radius 1 is 1.06 bits per heavy atom. The largest absolute Gasteiger partial charge is 0.508 e. The Kier molecular flexibility index (Phi) is 5.08. The van der Waals surface area contributed by atoms with Gasteiger partial charge in [0.05, 0.1) is 18.4 Å². The van der Waals surface area contributed by atoms with Gasteiger partial charge in [-0.2, -0.15) is 0 Å². The smallest absolute Gasteiger partial charge is 0.255 e. The maximum absolute atomic E-state index is 13.0. The molecular weight excluding hydrogens is 390 g/mol. The molecule has 1 saturated heterocycles. The van der Waals surface area contributed by atoms with E-state index in [0.717, 1.165) is 29.6 Å². The van der Waals surface area contributed by atoms with Gasteiger partial charge in [0.25, 0.3) is 5.91 Å². The molecule has 4 aromatic rings. The quantitative estimate of drug-likeness (QED) is 0.553. The van der Waals surface area contributed by atoms with Crippen LogP contribution in [0.25, 0.3) is 11.2 Å². The van der Waals surface area contributed by atoms with Crippen LogP contribution in [0.5, 0.6) is 5.75 Å². The van der Waals surface area contributed by atoms with Crippen LogP contribution in [0.15, 0.2) is 67.4 Å². The molecule has 0 saturated carbocycles. The molecule has 5 rings (SSSR count). The minimum absolute atomic E-state index is 0.00873. The van der Waals surface area contributed by atoms with E-state index in [2.05, 4.69) is 15.0 Å². The van der Waals surface area contributed by atoms with Gasteiger partial charge in [-0.25, -0.2) is 9.97 Å². The zero-order valence-electron chi connectivity index (χ0n) is 17.1. The topological polar surface area (TPSA) is 84.1 Å². The Morgan fingerprint density at radius 3 is 2.71 bits per heavy atom. The van der Waals surface area contributed by atoms with E-state index in [0.29, 0.717) is 42.4 Å². The molecule has 7 heteroatoms. The molecule has 1 N–H and O–H groups in total. The van der Waals surface area contributed by atoms with Crippen LogP contribution in [0, 0.1) is 0 Å². The summed E-state index contributed by atoms with van der Waals surface area (Å²) in [6, 6.07) is 13.2. The molecular formula is C24H23N5O2. The van der Waals surface area contributed by atoms with E-state index < -0.39 is 0 Å². The maximum atomic E-state index is 13.0. The summed E-state index contributed by atoms with van der Waals surface area (Å²) in [5, 5.41) is 9.72. The van der Waals surface area contributed by atoms with E-state index in [4.69, 9.17) is 0 Å². The monoisotopic (exact) mass is 413 g/mol. The van der Waals surface area contributed by atoms with E-state index in [1.807, 2.05) is 52.1 Å². The Morgan fingerprint density at radius 2 is 1.94 bits per heavy atom. The van der Waals surface area contributed by atoms with Crippen LogP contribution >= 0.6 is 0 Å². The summed E-state index contributed by atoms with van der Waals surface area (Å²) in [5.74, 6) is 0.642. The molecule has 4 heterocycles. The first-order valence-corrected chi connectivity index (χ1v) is 10.5. The van der Waals surface area contributed by atoms with Crippen molar-refractivity contribution in [3.63, 3.8) is 0 Å². The first-order chi connectivity index (χ1) is 15.2. The summed E-state index contributed by atoms with van der Waals surface area (Å²) in [6.45, 7) is 2.01. The molecule has 0 bridgehead atoms. The van der Waals surface area contributed by atoms with Crippen molar-refractivity contribution in [2.45, 2.75) is 25.3 Å². The Balaban J connectivity index is 1.28. The highest BCUT2D eigenvalue weighted by Gasteiger charge is 2.25. The molecule has 156 valence electrons. The Bertz CT molecular complexity index is 1210. The Labute approximate surface area is 180 Å². The van der Waals surface area contributed by atoms with Crippen LogP contribution in [-0.2, 0) is 6.54 Å². The number of aromatic hydroxyl groups is 1. The van der Waals surface area contributed by atoms with Crippen molar-refractivity contribution in [3.05, 3.63) is 84.1 Å². The van der Waals surface area contributed by atoms with Crippen molar-refractivity contribution in [1.29, 1.82) is 0 Å².